The molecule has 1 amide bonds. The number of carbonyl (C=O) groups excluding carboxylic acids is 1. The molecule has 0 spiro atoms. The molecular formula is C13H18N4O3. The maximum absolute atomic E-state index is 11.9. The Morgan fingerprint density at radius 2 is 2.25 bits per heavy atom. The number of nitro groups is 1. The Kier molecular flexibility index (Phi) is 4.65. The van der Waals surface area contributed by atoms with E-state index in [4.69, 9.17) is 5.73 Å². The summed E-state index contributed by atoms with van der Waals surface area (Å²) in [5.74, 6) is 0.200. The van der Waals surface area contributed by atoms with Crippen LogP contribution < -0.4 is 11.1 Å². The molecule has 0 saturated carbocycles. The third-order valence-electron chi connectivity index (χ3n) is 3.45. The summed E-state index contributed by atoms with van der Waals surface area (Å²) in [7, 11) is 0. The van der Waals surface area contributed by atoms with Crippen molar-refractivity contribution in [2.45, 2.75) is 6.42 Å². The van der Waals surface area contributed by atoms with E-state index >= 15 is 0 Å². The Morgan fingerprint density at radius 1 is 1.50 bits per heavy atom. The molecular weight excluding hydrogens is 260 g/mol. The van der Waals surface area contributed by atoms with Crippen LogP contribution in [-0.2, 0) is 4.79 Å². The molecule has 2 rings (SSSR count). The van der Waals surface area contributed by atoms with Crippen molar-refractivity contribution in [1.29, 1.82) is 0 Å². The molecule has 1 fully saturated rings. The molecule has 1 aliphatic rings. The van der Waals surface area contributed by atoms with Crippen molar-refractivity contribution in [1.82, 2.24) is 4.90 Å². The summed E-state index contributed by atoms with van der Waals surface area (Å²) in [4.78, 5) is 24.3. The van der Waals surface area contributed by atoms with Crippen LogP contribution in [0.25, 0.3) is 0 Å². The van der Waals surface area contributed by atoms with E-state index in [0.717, 1.165) is 19.5 Å². The standard InChI is InChI=1S/C13H18N4O3/c14-7-10-5-6-16(8-10)9-13(18)15-11-3-1-2-4-12(11)17(19)20/h1-4,10H,5-9,14H2,(H,15,18). The van der Waals surface area contributed by atoms with Crippen molar-refractivity contribution in [3.05, 3.63) is 34.4 Å². The molecule has 20 heavy (non-hydrogen) atoms. The van der Waals surface area contributed by atoms with E-state index in [1.54, 1.807) is 12.1 Å². The van der Waals surface area contributed by atoms with Crippen LogP contribution in [0.15, 0.2) is 24.3 Å². The summed E-state index contributed by atoms with van der Waals surface area (Å²) < 4.78 is 0. The lowest BCUT2D eigenvalue weighted by atomic mass is 10.1. The van der Waals surface area contributed by atoms with Crippen LogP contribution >= 0.6 is 0 Å². The number of nitrogens with two attached hydrogens (primary N) is 1. The fourth-order valence-electron chi connectivity index (χ4n) is 2.38. The molecule has 1 aliphatic heterocycles. The lowest BCUT2D eigenvalue weighted by molar-refractivity contribution is -0.383. The van der Waals surface area contributed by atoms with Gasteiger partial charge in [0, 0.05) is 12.6 Å². The number of hydrogen-bond acceptors (Lipinski definition) is 5. The normalized spacial score (nSPS) is 18.9. The number of para-hydroxylation sites is 2. The zero-order valence-corrected chi connectivity index (χ0v) is 11.1. The molecule has 0 radical (unpaired) electrons. The average Bonchev–Trinajstić information content (AvgIpc) is 2.86. The SMILES string of the molecule is NCC1CCN(CC(=O)Nc2ccccc2[N+](=O)[O-])C1. The van der Waals surface area contributed by atoms with Crippen LogP contribution in [0.4, 0.5) is 11.4 Å². The molecule has 3 N–H and O–H groups in total. The number of carbonyl (C=O) groups is 1. The maximum atomic E-state index is 11.9. The molecule has 1 saturated heterocycles. The van der Waals surface area contributed by atoms with Crippen molar-refractivity contribution in [3.8, 4) is 0 Å². The van der Waals surface area contributed by atoms with Gasteiger partial charge in [-0.05, 0) is 31.5 Å². The van der Waals surface area contributed by atoms with Gasteiger partial charge in [-0.1, -0.05) is 12.1 Å². The number of likely N-dealkylation sites (tertiary alicyclic amines) is 1. The third-order valence-corrected chi connectivity index (χ3v) is 3.45. The Labute approximate surface area is 116 Å². The minimum absolute atomic E-state index is 0.0953. The zero-order chi connectivity index (χ0) is 14.5. The van der Waals surface area contributed by atoms with Gasteiger partial charge < -0.3 is 11.1 Å². The van der Waals surface area contributed by atoms with E-state index in [0.29, 0.717) is 12.5 Å². The Morgan fingerprint density at radius 3 is 2.90 bits per heavy atom. The van der Waals surface area contributed by atoms with Gasteiger partial charge in [-0.2, -0.15) is 0 Å². The van der Waals surface area contributed by atoms with E-state index in [9.17, 15) is 14.9 Å². The third kappa shape index (κ3) is 3.52. The molecule has 0 aliphatic carbocycles. The van der Waals surface area contributed by atoms with Crippen molar-refractivity contribution in [3.63, 3.8) is 0 Å². The van der Waals surface area contributed by atoms with Gasteiger partial charge in [0.05, 0.1) is 11.5 Å². The second kappa shape index (κ2) is 6.44. The van der Waals surface area contributed by atoms with E-state index in [2.05, 4.69) is 5.32 Å². The molecule has 1 atom stereocenters. The zero-order valence-electron chi connectivity index (χ0n) is 11.1. The maximum Gasteiger partial charge on any atom is 0.292 e. The van der Waals surface area contributed by atoms with Gasteiger partial charge in [-0.3, -0.25) is 19.8 Å². The molecule has 1 unspecified atom stereocenters. The van der Waals surface area contributed by atoms with E-state index in [1.807, 2.05) is 4.90 Å². The van der Waals surface area contributed by atoms with Crippen LogP contribution in [0, 0.1) is 16.0 Å². The van der Waals surface area contributed by atoms with Gasteiger partial charge in [-0.15, -0.1) is 0 Å². The van der Waals surface area contributed by atoms with Gasteiger partial charge in [0.15, 0.2) is 0 Å². The fourth-order valence-corrected chi connectivity index (χ4v) is 2.38. The van der Waals surface area contributed by atoms with Gasteiger partial charge in [0.2, 0.25) is 5.91 Å². The lowest BCUT2D eigenvalue weighted by Gasteiger charge is -2.15. The van der Waals surface area contributed by atoms with Crippen LogP contribution in [-0.4, -0.2) is 41.9 Å². The average molecular weight is 278 g/mol. The predicted octanol–water partition coefficient (Wildman–Crippen LogP) is 0.814. The summed E-state index contributed by atoms with van der Waals surface area (Å²) in [6.45, 7) is 2.51. The minimum atomic E-state index is -0.504. The van der Waals surface area contributed by atoms with Crippen LogP contribution in [0.1, 0.15) is 6.42 Å². The minimum Gasteiger partial charge on any atom is -0.330 e. The molecule has 0 bridgehead atoms. The highest BCUT2D eigenvalue weighted by Crippen LogP contribution is 2.23. The van der Waals surface area contributed by atoms with Crippen LogP contribution in [0.2, 0.25) is 0 Å². The summed E-state index contributed by atoms with van der Waals surface area (Å²) in [5, 5.41) is 13.5. The smallest absolute Gasteiger partial charge is 0.292 e. The molecule has 1 heterocycles. The van der Waals surface area contributed by atoms with E-state index in [-0.39, 0.29) is 23.8 Å². The Bertz CT molecular complexity index is 506. The second-order valence-corrected chi connectivity index (χ2v) is 4.95. The lowest BCUT2D eigenvalue weighted by Crippen LogP contribution is -2.32. The predicted molar refractivity (Wildman–Crippen MR) is 75.3 cm³/mol. The quantitative estimate of drug-likeness (QED) is 0.613. The van der Waals surface area contributed by atoms with E-state index < -0.39 is 4.92 Å². The fraction of sp³-hybridized carbons (Fsp3) is 0.462. The Balaban J connectivity index is 1.94. The molecule has 108 valence electrons. The first kappa shape index (κ1) is 14.4. The number of benzene rings is 1. The summed E-state index contributed by atoms with van der Waals surface area (Å²) in [5.41, 5.74) is 5.74. The number of hydrogen-bond donors (Lipinski definition) is 2. The second-order valence-electron chi connectivity index (χ2n) is 4.95. The Hall–Kier alpha value is -1.99. The highest BCUT2D eigenvalue weighted by Gasteiger charge is 2.23. The van der Waals surface area contributed by atoms with Crippen LogP contribution in [0.5, 0.6) is 0 Å². The molecule has 7 nitrogen and oxygen atoms in total. The summed E-state index contributed by atoms with van der Waals surface area (Å²) >= 11 is 0. The number of nitro benzene ring substituents is 1. The number of amides is 1. The highest BCUT2D eigenvalue weighted by molar-refractivity contribution is 5.94. The first-order valence-corrected chi connectivity index (χ1v) is 6.56. The molecule has 1 aromatic rings. The van der Waals surface area contributed by atoms with Gasteiger partial charge in [-0.25, -0.2) is 0 Å². The molecule has 7 heteroatoms. The van der Waals surface area contributed by atoms with E-state index in [1.165, 1.54) is 12.1 Å². The summed E-state index contributed by atoms with van der Waals surface area (Å²) in [6.07, 6.45) is 0.995. The number of rotatable bonds is 5. The molecule has 0 aromatic heterocycles. The molecule has 1 aromatic carbocycles. The van der Waals surface area contributed by atoms with Crippen molar-refractivity contribution in [2.24, 2.45) is 11.7 Å². The van der Waals surface area contributed by atoms with Crippen molar-refractivity contribution in [2.75, 3.05) is 31.5 Å². The van der Waals surface area contributed by atoms with Crippen molar-refractivity contribution >= 4 is 17.3 Å². The van der Waals surface area contributed by atoms with Gasteiger partial charge >= 0.3 is 0 Å². The van der Waals surface area contributed by atoms with Crippen molar-refractivity contribution < 1.29 is 9.72 Å². The van der Waals surface area contributed by atoms with Gasteiger partial charge in [0.1, 0.15) is 5.69 Å². The van der Waals surface area contributed by atoms with Gasteiger partial charge in [0.25, 0.3) is 5.69 Å². The largest absolute Gasteiger partial charge is 0.330 e. The first-order chi connectivity index (χ1) is 9.60. The van der Waals surface area contributed by atoms with Crippen LogP contribution in [0.3, 0.4) is 0 Å². The summed E-state index contributed by atoms with van der Waals surface area (Å²) in [6, 6.07) is 6.13. The first-order valence-electron chi connectivity index (χ1n) is 6.56. The monoisotopic (exact) mass is 278 g/mol. The highest BCUT2D eigenvalue weighted by atomic mass is 16.6. The number of nitrogens with zero attached hydrogens (tertiary/aromatic N) is 2. The topological polar surface area (TPSA) is 102 Å². The number of nitrogens with one attached hydrogen (secondary N) is 1. The number of anilines is 1.